The van der Waals surface area contributed by atoms with Crippen LogP contribution >= 0.6 is 0 Å². The molecule has 0 spiro atoms. The van der Waals surface area contributed by atoms with Crippen molar-refractivity contribution >= 4 is 21.9 Å². The van der Waals surface area contributed by atoms with E-state index in [1.807, 2.05) is 0 Å². The molecule has 152 valence electrons. The van der Waals surface area contributed by atoms with Gasteiger partial charge in [0.15, 0.2) is 0 Å². The Morgan fingerprint density at radius 1 is 1.14 bits per heavy atom. The second-order valence-corrected chi connectivity index (χ2v) is 7.73. The number of nitrogens with one attached hydrogen (secondary N) is 3. The molecule has 0 unspecified atom stereocenters. The van der Waals surface area contributed by atoms with Gasteiger partial charge in [-0.25, -0.2) is 22.3 Å². The molecule has 1 aromatic heterocycles. The van der Waals surface area contributed by atoms with Gasteiger partial charge in [0.05, 0.1) is 13.2 Å². The molecule has 0 bridgehead atoms. The first-order chi connectivity index (χ1) is 13.2. The second-order valence-electron chi connectivity index (χ2n) is 6.03. The van der Waals surface area contributed by atoms with Crippen molar-refractivity contribution < 1.29 is 27.1 Å². The molecule has 0 fully saturated rings. The molecule has 0 aliphatic rings. The fourth-order valence-electron chi connectivity index (χ4n) is 2.64. The minimum atomic E-state index is -4.14. The monoisotopic (exact) mass is 411 g/mol. The van der Waals surface area contributed by atoms with Crippen LogP contribution in [0.25, 0.3) is 0 Å². The molecule has 0 aliphatic carbocycles. The Kier molecular flexibility index (Phi) is 6.92. The van der Waals surface area contributed by atoms with Crippen molar-refractivity contribution in [3.8, 4) is 0 Å². The predicted molar refractivity (Wildman–Crippen MR) is 99.7 cm³/mol. The van der Waals surface area contributed by atoms with E-state index in [0.717, 1.165) is 0 Å². The van der Waals surface area contributed by atoms with Crippen molar-refractivity contribution in [2.45, 2.75) is 32.2 Å². The third-order valence-corrected chi connectivity index (χ3v) is 5.46. The first-order valence-corrected chi connectivity index (χ1v) is 10.0. The number of H-pyrrole nitrogens is 1. The number of esters is 1. The zero-order valence-electron chi connectivity index (χ0n) is 15.8. The largest absolute Gasteiger partial charge is 0.462 e. The van der Waals surface area contributed by atoms with Gasteiger partial charge >= 0.3 is 5.97 Å². The number of rotatable bonds is 8. The van der Waals surface area contributed by atoms with E-state index in [-0.39, 0.29) is 29.3 Å². The first kappa shape index (κ1) is 21.6. The topological polar surface area (TPSA) is 117 Å². The van der Waals surface area contributed by atoms with E-state index in [4.69, 9.17) is 4.74 Å². The molecule has 0 aliphatic heterocycles. The fraction of sp³-hybridized carbons (Fsp3) is 0.333. The highest BCUT2D eigenvalue weighted by Gasteiger charge is 2.30. The molecule has 1 aromatic carbocycles. The number of halogens is 1. The average molecular weight is 411 g/mol. The van der Waals surface area contributed by atoms with Crippen LogP contribution in [0.5, 0.6) is 0 Å². The van der Waals surface area contributed by atoms with E-state index in [1.165, 1.54) is 31.2 Å². The number of hydrogen-bond acceptors (Lipinski definition) is 5. The molecule has 28 heavy (non-hydrogen) atoms. The van der Waals surface area contributed by atoms with E-state index in [0.29, 0.717) is 11.3 Å². The van der Waals surface area contributed by atoms with Gasteiger partial charge < -0.3 is 15.0 Å². The highest BCUT2D eigenvalue weighted by molar-refractivity contribution is 7.89. The Balaban J connectivity index is 2.06. The van der Waals surface area contributed by atoms with Crippen LogP contribution < -0.4 is 10.0 Å². The number of aromatic nitrogens is 1. The van der Waals surface area contributed by atoms with Crippen LogP contribution in [-0.4, -0.2) is 38.4 Å². The van der Waals surface area contributed by atoms with E-state index in [9.17, 15) is 22.4 Å². The number of aryl methyl sites for hydroxylation is 2. The molecule has 2 rings (SSSR count). The highest BCUT2D eigenvalue weighted by Crippen LogP contribution is 2.24. The zero-order chi connectivity index (χ0) is 20.9. The van der Waals surface area contributed by atoms with Gasteiger partial charge in [-0.3, -0.25) is 4.79 Å². The predicted octanol–water partition coefficient (Wildman–Crippen LogP) is 1.54. The number of carbonyl (C=O) groups excluding carboxylic acids is 2. The average Bonchev–Trinajstić information content (AvgIpc) is 2.94. The van der Waals surface area contributed by atoms with E-state index >= 15 is 0 Å². The van der Waals surface area contributed by atoms with Gasteiger partial charge in [0.2, 0.25) is 15.9 Å². The van der Waals surface area contributed by atoms with Gasteiger partial charge in [0, 0.05) is 17.9 Å². The molecule has 0 saturated carbocycles. The number of aromatic amines is 1. The summed E-state index contributed by atoms with van der Waals surface area (Å²) >= 11 is 0. The van der Waals surface area contributed by atoms with Crippen molar-refractivity contribution in [1.82, 2.24) is 15.0 Å². The summed E-state index contributed by atoms with van der Waals surface area (Å²) in [6.07, 6.45) is 0. The molecule has 0 saturated heterocycles. The second kappa shape index (κ2) is 8.98. The number of ether oxygens (including phenoxy) is 1. The maximum Gasteiger partial charge on any atom is 0.341 e. The summed E-state index contributed by atoms with van der Waals surface area (Å²) in [6.45, 7) is 4.39. The Labute approximate surface area is 162 Å². The van der Waals surface area contributed by atoms with Crippen LogP contribution in [0.1, 0.15) is 34.2 Å². The maximum atomic E-state index is 12.9. The highest BCUT2D eigenvalue weighted by atomic mass is 32.2. The lowest BCUT2D eigenvalue weighted by atomic mass is 10.2. The standard InChI is InChI=1S/C18H22FN3O5S/c1-4-27-18(24)16-11(2)22-12(3)17(16)28(25,26)21-10-15(23)20-9-13-5-7-14(19)8-6-13/h5-8,21-22H,4,9-10H2,1-3H3,(H,20,23). The molecular weight excluding hydrogens is 389 g/mol. The Morgan fingerprint density at radius 3 is 2.39 bits per heavy atom. The number of sulfonamides is 1. The van der Waals surface area contributed by atoms with Gasteiger partial charge in [0.25, 0.3) is 0 Å². The lowest BCUT2D eigenvalue weighted by molar-refractivity contribution is -0.120. The van der Waals surface area contributed by atoms with Crippen molar-refractivity contribution in [1.29, 1.82) is 0 Å². The van der Waals surface area contributed by atoms with Crippen LogP contribution in [0, 0.1) is 19.7 Å². The molecular formula is C18H22FN3O5S. The Bertz CT molecular complexity index is 968. The van der Waals surface area contributed by atoms with E-state index in [2.05, 4.69) is 15.0 Å². The van der Waals surface area contributed by atoms with Crippen molar-refractivity contribution in [3.05, 3.63) is 52.6 Å². The molecule has 0 radical (unpaired) electrons. The summed E-state index contributed by atoms with van der Waals surface area (Å²) in [5.74, 6) is -1.72. The third-order valence-electron chi connectivity index (χ3n) is 3.89. The normalized spacial score (nSPS) is 11.3. The smallest absolute Gasteiger partial charge is 0.341 e. The van der Waals surface area contributed by atoms with Crippen molar-refractivity contribution in [3.63, 3.8) is 0 Å². The lowest BCUT2D eigenvalue weighted by Gasteiger charge is -2.10. The Morgan fingerprint density at radius 2 is 1.79 bits per heavy atom. The van der Waals surface area contributed by atoms with Gasteiger partial charge in [-0.1, -0.05) is 12.1 Å². The summed E-state index contributed by atoms with van der Waals surface area (Å²) in [5.41, 5.74) is 1.20. The SMILES string of the molecule is CCOC(=O)c1c(C)[nH]c(C)c1S(=O)(=O)NCC(=O)NCc1ccc(F)cc1. The van der Waals surface area contributed by atoms with Gasteiger partial charge in [0.1, 0.15) is 16.3 Å². The van der Waals surface area contributed by atoms with Crippen LogP contribution in [0.15, 0.2) is 29.2 Å². The summed E-state index contributed by atoms with van der Waals surface area (Å²) in [7, 11) is -4.14. The summed E-state index contributed by atoms with van der Waals surface area (Å²) < 4.78 is 45.3. The van der Waals surface area contributed by atoms with Gasteiger partial charge in [-0.2, -0.15) is 0 Å². The number of carbonyl (C=O) groups is 2. The molecule has 1 amide bonds. The molecule has 2 aromatic rings. The molecule has 0 atom stereocenters. The number of hydrogen-bond donors (Lipinski definition) is 3. The van der Waals surface area contributed by atoms with E-state index in [1.54, 1.807) is 13.8 Å². The molecule has 3 N–H and O–H groups in total. The van der Waals surface area contributed by atoms with Crippen molar-refractivity contribution in [2.75, 3.05) is 13.2 Å². The summed E-state index contributed by atoms with van der Waals surface area (Å²) in [5, 5.41) is 2.53. The maximum absolute atomic E-state index is 12.9. The number of amides is 1. The minimum absolute atomic E-state index is 0.0847. The van der Waals surface area contributed by atoms with E-state index < -0.39 is 34.3 Å². The molecule has 8 nitrogen and oxygen atoms in total. The minimum Gasteiger partial charge on any atom is -0.462 e. The Hall–Kier alpha value is -2.72. The van der Waals surface area contributed by atoms with Crippen molar-refractivity contribution in [2.24, 2.45) is 0 Å². The van der Waals surface area contributed by atoms with Crippen LogP contribution in [0.4, 0.5) is 4.39 Å². The van der Waals surface area contributed by atoms with Crippen LogP contribution in [-0.2, 0) is 26.1 Å². The summed E-state index contributed by atoms with van der Waals surface area (Å²) in [4.78, 5) is 26.7. The quantitative estimate of drug-likeness (QED) is 0.570. The van der Waals surface area contributed by atoms with Crippen LogP contribution in [0.2, 0.25) is 0 Å². The molecule has 1 heterocycles. The fourth-order valence-corrected chi connectivity index (χ4v) is 4.07. The zero-order valence-corrected chi connectivity index (χ0v) is 16.6. The third kappa shape index (κ3) is 5.17. The van der Waals surface area contributed by atoms with Crippen LogP contribution in [0.3, 0.4) is 0 Å². The van der Waals surface area contributed by atoms with Gasteiger partial charge in [-0.05, 0) is 38.5 Å². The number of benzene rings is 1. The molecule has 10 heteroatoms. The lowest BCUT2D eigenvalue weighted by Crippen LogP contribution is -2.37. The first-order valence-electron chi connectivity index (χ1n) is 8.52. The van der Waals surface area contributed by atoms with Gasteiger partial charge in [-0.15, -0.1) is 0 Å². The summed E-state index contributed by atoms with van der Waals surface area (Å²) in [6, 6.07) is 5.55.